The van der Waals surface area contributed by atoms with Crippen LogP contribution in [0.1, 0.15) is 18.9 Å². The predicted octanol–water partition coefficient (Wildman–Crippen LogP) is 3.90. The maximum Gasteiger partial charge on any atom is 0.108 e. The first kappa shape index (κ1) is 13.0. The highest BCUT2D eigenvalue weighted by atomic mass is 79.9. The van der Waals surface area contributed by atoms with Crippen molar-refractivity contribution >= 4 is 37.5 Å². The average Bonchev–Trinajstić information content (AvgIpc) is 2.70. The zero-order valence-corrected chi connectivity index (χ0v) is 12.6. The molecule has 0 fully saturated rings. The van der Waals surface area contributed by atoms with Crippen LogP contribution in [-0.2, 0) is 6.54 Å². The van der Waals surface area contributed by atoms with E-state index >= 15 is 0 Å². The van der Waals surface area contributed by atoms with Gasteiger partial charge in [-0.05, 0) is 26.0 Å². The quantitative estimate of drug-likeness (QED) is 0.778. The van der Waals surface area contributed by atoms with Gasteiger partial charge in [-0.2, -0.15) is 0 Å². The Balaban J connectivity index is 2.16. The van der Waals surface area contributed by atoms with Gasteiger partial charge >= 0.3 is 0 Å². The Kier molecular flexibility index (Phi) is 4.54. The summed E-state index contributed by atoms with van der Waals surface area (Å²) >= 11 is 5.31. The Hall–Kier alpha value is -0.450. The molecule has 0 N–H and O–H groups in total. The molecule has 0 saturated heterocycles. The van der Waals surface area contributed by atoms with Crippen LogP contribution < -0.4 is 0 Å². The van der Waals surface area contributed by atoms with Gasteiger partial charge in [0.2, 0.25) is 0 Å². The molecule has 0 saturated carbocycles. The van der Waals surface area contributed by atoms with Gasteiger partial charge in [0.05, 0.1) is 16.8 Å². The van der Waals surface area contributed by atoms with Crippen molar-refractivity contribution in [3.8, 4) is 0 Å². The third-order valence-corrected chi connectivity index (χ3v) is 4.15. The van der Waals surface area contributed by atoms with E-state index in [-0.39, 0.29) is 0 Å². The highest BCUT2D eigenvalue weighted by Gasteiger charge is 2.12. The number of hydrogen-bond donors (Lipinski definition) is 0. The molecule has 0 unspecified atom stereocenters. The fourth-order valence-electron chi connectivity index (χ4n) is 1.79. The molecule has 2 rings (SSSR count). The molecule has 92 valence electrons. The van der Waals surface area contributed by atoms with Crippen molar-refractivity contribution in [2.24, 2.45) is 0 Å². The number of thiazole rings is 1. The van der Waals surface area contributed by atoms with Crippen molar-refractivity contribution in [1.82, 2.24) is 9.88 Å². The monoisotopic (exact) mass is 312 g/mol. The topological polar surface area (TPSA) is 16.1 Å². The van der Waals surface area contributed by atoms with Crippen LogP contribution in [0.15, 0.2) is 24.3 Å². The van der Waals surface area contributed by atoms with Crippen molar-refractivity contribution < 1.29 is 0 Å². The average molecular weight is 313 g/mol. The fourth-order valence-corrected chi connectivity index (χ4v) is 3.24. The Morgan fingerprint density at radius 2 is 2.12 bits per heavy atom. The first-order valence-electron chi connectivity index (χ1n) is 5.85. The van der Waals surface area contributed by atoms with Crippen LogP contribution in [0, 0.1) is 0 Å². The molecule has 1 aromatic carbocycles. The number of alkyl halides is 1. The maximum atomic E-state index is 4.68. The number of hydrogen-bond acceptors (Lipinski definition) is 3. The summed E-state index contributed by atoms with van der Waals surface area (Å²) in [6.45, 7) is 6.47. The Morgan fingerprint density at radius 1 is 1.35 bits per heavy atom. The fraction of sp³-hybridized carbons (Fsp3) is 0.462. The molecular weight excluding hydrogens is 296 g/mol. The van der Waals surface area contributed by atoms with Crippen LogP contribution in [-0.4, -0.2) is 27.8 Å². The molecule has 0 aliphatic rings. The van der Waals surface area contributed by atoms with Crippen LogP contribution in [0.5, 0.6) is 0 Å². The Morgan fingerprint density at radius 3 is 2.76 bits per heavy atom. The molecule has 1 heterocycles. The second kappa shape index (κ2) is 5.94. The largest absolute Gasteiger partial charge is 0.293 e. The minimum atomic E-state index is 0.555. The van der Waals surface area contributed by atoms with Gasteiger partial charge < -0.3 is 0 Å². The van der Waals surface area contributed by atoms with Crippen molar-refractivity contribution in [3.63, 3.8) is 0 Å². The Bertz CT molecular complexity index is 448. The third-order valence-electron chi connectivity index (χ3n) is 2.78. The summed E-state index contributed by atoms with van der Waals surface area (Å²) in [5.74, 6) is 0. The van der Waals surface area contributed by atoms with Crippen molar-refractivity contribution in [1.29, 1.82) is 0 Å². The lowest BCUT2D eigenvalue weighted by Crippen LogP contribution is -2.31. The van der Waals surface area contributed by atoms with Gasteiger partial charge in [-0.15, -0.1) is 11.3 Å². The van der Waals surface area contributed by atoms with Crippen molar-refractivity contribution in [2.45, 2.75) is 26.4 Å². The smallest absolute Gasteiger partial charge is 0.108 e. The molecule has 0 radical (unpaired) electrons. The molecule has 0 atom stereocenters. The minimum absolute atomic E-state index is 0.555. The van der Waals surface area contributed by atoms with Crippen LogP contribution in [0.2, 0.25) is 0 Å². The number of benzene rings is 1. The van der Waals surface area contributed by atoms with Gasteiger partial charge in [-0.25, -0.2) is 4.98 Å². The maximum absolute atomic E-state index is 4.68. The van der Waals surface area contributed by atoms with Crippen LogP contribution in [0.3, 0.4) is 0 Å². The summed E-state index contributed by atoms with van der Waals surface area (Å²) in [7, 11) is 0. The highest BCUT2D eigenvalue weighted by Crippen LogP contribution is 2.23. The number of rotatable bonds is 5. The summed E-state index contributed by atoms with van der Waals surface area (Å²) in [6, 6.07) is 8.90. The summed E-state index contributed by atoms with van der Waals surface area (Å²) < 4.78 is 1.28. The van der Waals surface area contributed by atoms with Crippen LogP contribution in [0.4, 0.5) is 0 Å². The van der Waals surface area contributed by atoms with E-state index in [0.717, 1.165) is 23.9 Å². The van der Waals surface area contributed by atoms with Gasteiger partial charge in [-0.3, -0.25) is 4.90 Å². The normalized spacial score (nSPS) is 11.8. The van der Waals surface area contributed by atoms with Crippen molar-refractivity contribution in [3.05, 3.63) is 29.3 Å². The van der Waals surface area contributed by atoms with E-state index in [0.29, 0.717) is 6.04 Å². The molecule has 2 aromatic rings. The lowest BCUT2D eigenvalue weighted by Gasteiger charge is -2.24. The summed E-state index contributed by atoms with van der Waals surface area (Å²) in [4.78, 5) is 7.12. The predicted molar refractivity (Wildman–Crippen MR) is 79.0 cm³/mol. The van der Waals surface area contributed by atoms with Gasteiger partial charge in [-0.1, -0.05) is 28.1 Å². The molecule has 0 amide bonds. The van der Waals surface area contributed by atoms with E-state index in [1.165, 1.54) is 9.71 Å². The van der Waals surface area contributed by atoms with E-state index < -0.39 is 0 Å². The molecular formula is C13H17BrN2S. The van der Waals surface area contributed by atoms with Crippen molar-refractivity contribution in [2.75, 3.05) is 11.9 Å². The van der Waals surface area contributed by atoms with Crippen LogP contribution in [0.25, 0.3) is 10.2 Å². The number of aromatic nitrogens is 1. The number of nitrogens with zero attached hydrogens (tertiary/aromatic N) is 2. The number of halogens is 1. The lowest BCUT2D eigenvalue weighted by molar-refractivity contribution is 0.227. The molecule has 0 aliphatic heterocycles. The number of fused-ring (bicyclic) bond motifs is 1. The second-order valence-corrected chi connectivity index (χ2v) is 6.24. The van der Waals surface area contributed by atoms with E-state index in [2.05, 4.69) is 57.9 Å². The molecule has 1 aromatic heterocycles. The molecule has 0 bridgehead atoms. The van der Waals surface area contributed by atoms with E-state index in [1.807, 2.05) is 6.07 Å². The zero-order chi connectivity index (χ0) is 12.3. The molecule has 4 heteroatoms. The molecule has 0 aliphatic carbocycles. The summed E-state index contributed by atoms with van der Waals surface area (Å²) in [6.07, 6.45) is 0. The van der Waals surface area contributed by atoms with Gasteiger partial charge in [0.15, 0.2) is 0 Å². The summed E-state index contributed by atoms with van der Waals surface area (Å²) in [5, 5.41) is 2.22. The van der Waals surface area contributed by atoms with Gasteiger partial charge in [0, 0.05) is 17.9 Å². The standard InChI is InChI=1S/C13H17BrN2S/c1-10(2)16(8-7-14)9-13-15-11-5-3-4-6-12(11)17-13/h3-6,10H,7-9H2,1-2H3. The number of para-hydroxylation sites is 1. The minimum Gasteiger partial charge on any atom is -0.293 e. The van der Waals surface area contributed by atoms with E-state index in [4.69, 9.17) is 0 Å². The van der Waals surface area contributed by atoms with Crippen LogP contribution >= 0.6 is 27.3 Å². The highest BCUT2D eigenvalue weighted by molar-refractivity contribution is 9.09. The zero-order valence-electron chi connectivity index (χ0n) is 10.2. The second-order valence-electron chi connectivity index (χ2n) is 4.33. The first-order valence-corrected chi connectivity index (χ1v) is 7.79. The van der Waals surface area contributed by atoms with Gasteiger partial charge in [0.25, 0.3) is 0 Å². The molecule has 2 nitrogen and oxygen atoms in total. The first-order chi connectivity index (χ1) is 8.20. The SMILES string of the molecule is CC(C)N(CCBr)Cc1nc2ccccc2s1. The third kappa shape index (κ3) is 3.27. The van der Waals surface area contributed by atoms with E-state index in [1.54, 1.807) is 11.3 Å². The summed E-state index contributed by atoms with van der Waals surface area (Å²) in [5.41, 5.74) is 1.12. The molecule has 17 heavy (non-hydrogen) atoms. The Labute approximate surface area is 115 Å². The lowest BCUT2D eigenvalue weighted by atomic mass is 10.3. The molecule has 0 spiro atoms. The van der Waals surface area contributed by atoms with Gasteiger partial charge in [0.1, 0.15) is 5.01 Å². The van der Waals surface area contributed by atoms with E-state index in [9.17, 15) is 0 Å².